The van der Waals surface area contributed by atoms with Gasteiger partial charge in [-0.3, -0.25) is 0 Å². The summed E-state index contributed by atoms with van der Waals surface area (Å²) < 4.78 is 0. The van der Waals surface area contributed by atoms with Crippen molar-refractivity contribution in [1.82, 2.24) is 5.32 Å². The van der Waals surface area contributed by atoms with Crippen LogP contribution in [-0.2, 0) is 6.42 Å². The molecule has 1 aromatic carbocycles. The number of nitrogens with one attached hydrogen (secondary N) is 1. The lowest BCUT2D eigenvalue weighted by atomic mass is 10.00. The first-order valence-corrected chi connectivity index (χ1v) is 4.95. The predicted molar refractivity (Wildman–Crippen MR) is 58.0 cm³/mol. The molecule has 1 heteroatoms. The first-order valence-electron chi connectivity index (χ1n) is 4.95. The van der Waals surface area contributed by atoms with E-state index in [1.165, 1.54) is 16.7 Å². The van der Waals surface area contributed by atoms with Gasteiger partial charge in [0.25, 0.3) is 0 Å². The molecule has 13 heavy (non-hydrogen) atoms. The maximum Gasteiger partial charge on any atom is 0.0289 e. The molecule has 0 radical (unpaired) electrons. The van der Waals surface area contributed by atoms with Crippen LogP contribution in [0.3, 0.4) is 0 Å². The highest BCUT2D eigenvalue weighted by Crippen LogP contribution is 2.17. The van der Waals surface area contributed by atoms with Crippen LogP contribution in [-0.4, -0.2) is 7.05 Å². The summed E-state index contributed by atoms with van der Waals surface area (Å²) in [6.07, 6.45) is 1.12. The highest BCUT2D eigenvalue weighted by molar-refractivity contribution is 5.32. The summed E-state index contributed by atoms with van der Waals surface area (Å²) in [5.74, 6) is 0. The standard InChI is InChI=1S/C12H19N/c1-5-11-8-12(10(3)13-4)7-6-9(11)2/h6-8,10,13H,5H2,1-4H3. The molecule has 1 atom stereocenters. The molecule has 0 saturated heterocycles. The van der Waals surface area contributed by atoms with Crippen LogP contribution in [0.5, 0.6) is 0 Å². The second-order valence-electron chi connectivity index (χ2n) is 3.55. The van der Waals surface area contributed by atoms with Crippen molar-refractivity contribution in [2.24, 2.45) is 0 Å². The lowest BCUT2D eigenvalue weighted by Crippen LogP contribution is -2.12. The summed E-state index contributed by atoms with van der Waals surface area (Å²) in [6.45, 7) is 6.56. The fourth-order valence-corrected chi connectivity index (χ4v) is 1.51. The first kappa shape index (κ1) is 10.3. The van der Waals surface area contributed by atoms with Crippen molar-refractivity contribution in [2.45, 2.75) is 33.2 Å². The van der Waals surface area contributed by atoms with Crippen molar-refractivity contribution in [3.8, 4) is 0 Å². The van der Waals surface area contributed by atoms with Crippen molar-refractivity contribution >= 4 is 0 Å². The van der Waals surface area contributed by atoms with Gasteiger partial charge in [0.2, 0.25) is 0 Å². The minimum atomic E-state index is 0.450. The molecule has 0 aromatic heterocycles. The van der Waals surface area contributed by atoms with Gasteiger partial charge in [0, 0.05) is 6.04 Å². The van der Waals surface area contributed by atoms with Crippen molar-refractivity contribution in [2.75, 3.05) is 7.05 Å². The van der Waals surface area contributed by atoms with Gasteiger partial charge < -0.3 is 5.32 Å². The Labute approximate surface area is 81.2 Å². The van der Waals surface area contributed by atoms with Crippen molar-refractivity contribution < 1.29 is 0 Å². The maximum absolute atomic E-state index is 3.25. The Hall–Kier alpha value is -0.820. The van der Waals surface area contributed by atoms with Crippen molar-refractivity contribution in [3.05, 3.63) is 34.9 Å². The van der Waals surface area contributed by atoms with Gasteiger partial charge in [-0.1, -0.05) is 25.1 Å². The molecule has 0 aliphatic rings. The third kappa shape index (κ3) is 2.31. The molecular weight excluding hydrogens is 158 g/mol. The van der Waals surface area contributed by atoms with E-state index in [2.05, 4.69) is 44.3 Å². The summed E-state index contributed by atoms with van der Waals surface area (Å²) in [5, 5.41) is 3.25. The van der Waals surface area contributed by atoms with Gasteiger partial charge in [0.1, 0.15) is 0 Å². The van der Waals surface area contributed by atoms with Crippen LogP contribution in [0.25, 0.3) is 0 Å². The zero-order valence-electron chi connectivity index (χ0n) is 9.02. The van der Waals surface area contributed by atoms with Gasteiger partial charge in [0.05, 0.1) is 0 Å². The molecule has 1 unspecified atom stereocenters. The molecule has 1 N–H and O–H groups in total. The zero-order valence-corrected chi connectivity index (χ0v) is 9.02. The molecule has 1 aromatic rings. The van der Waals surface area contributed by atoms with E-state index >= 15 is 0 Å². The van der Waals surface area contributed by atoms with Gasteiger partial charge in [-0.2, -0.15) is 0 Å². The first-order chi connectivity index (χ1) is 6.19. The second kappa shape index (κ2) is 4.43. The Morgan fingerprint density at radius 2 is 2.08 bits per heavy atom. The molecule has 0 saturated carbocycles. The molecule has 0 aliphatic heterocycles. The van der Waals surface area contributed by atoms with Gasteiger partial charge in [-0.15, -0.1) is 0 Å². The lowest BCUT2D eigenvalue weighted by molar-refractivity contribution is 0.651. The fourth-order valence-electron chi connectivity index (χ4n) is 1.51. The van der Waals surface area contributed by atoms with E-state index in [-0.39, 0.29) is 0 Å². The molecule has 0 bridgehead atoms. The summed E-state index contributed by atoms with van der Waals surface area (Å²) >= 11 is 0. The zero-order chi connectivity index (χ0) is 9.84. The average molecular weight is 177 g/mol. The predicted octanol–water partition coefficient (Wildman–Crippen LogP) is 2.84. The smallest absolute Gasteiger partial charge is 0.0289 e. The van der Waals surface area contributed by atoms with Gasteiger partial charge in [-0.05, 0) is 44.0 Å². The van der Waals surface area contributed by atoms with Gasteiger partial charge in [-0.25, -0.2) is 0 Å². The van der Waals surface area contributed by atoms with E-state index < -0.39 is 0 Å². The molecule has 0 spiro atoms. The quantitative estimate of drug-likeness (QED) is 0.748. The minimum Gasteiger partial charge on any atom is -0.313 e. The fraction of sp³-hybridized carbons (Fsp3) is 0.500. The average Bonchev–Trinajstić information content (AvgIpc) is 2.17. The van der Waals surface area contributed by atoms with Crippen LogP contribution in [0.1, 0.15) is 36.6 Å². The number of rotatable bonds is 3. The second-order valence-corrected chi connectivity index (χ2v) is 3.55. The SMILES string of the molecule is CCc1cc(C(C)NC)ccc1C. The summed E-state index contributed by atoms with van der Waals surface area (Å²) in [4.78, 5) is 0. The van der Waals surface area contributed by atoms with E-state index in [1.807, 2.05) is 7.05 Å². The monoisotopic (exact) mass is 177 g/mol. The lowest BCUT2D eigenvalue weighted by Gasteiger charge is -2.13. The summed E-state index contributed by atoms with van der Waals surface area (Å²) in [7, 11) is 2.00. The van der Waals surface area contributed by atoms with Crippen LogP contribution >= 0.6 is 0 Å². The minimum absolute atomic E-state index is 0.450. The molecule has 72 valence electrons. The van der Waals surface area contributed by atoms with Crippen LogP contribution < -0.4 is 5.32 Å². The number of hydrogen-bond donors (Lipinski definition) is 1. The summed E-state index contributed by atoms with van der Waals surface area (Å²) in [6, 6.07) is 7.17. The van der Waals surface area contributed by atoms with E-state index in [4.69, 9.17) is 0 Å². The summed E-state index contributed by atoms with van der Waals surface area (Å²) in [5.41, 5.74) is 4.24. The van der Waals surface area contributed by atoms with Crippen molar-refractivity contribution in [3.63, 3.8) is 0 Å². The molecule has 1 rings (SSSR count). The molecular formula is C12H19N. The van der Waals surface area contributed by atoms with Gasteiger partial charge >= 0.3 is 0 Å². The third-order valence-electron chi connectivity index (χ3n) is 2.69. The number of aryl methyl sites for hydroxylation is 2. The van der Waals surface area contributed by atoms with Crippen LogP contribution in [0.2, 0.25) is 0 Å². The van der Waals surface area contributed by atoms with Gasteiger partial charge in [0.15, 0.2) is 0 Å². The number of benzene rings is 1. The molecule has 1 nitrogen and oxygen atoms in total. The topological polar surface area (TPSA) is 12.0 Å². The molecule has 0 fully saturated rings. The Morgan fingerprint density at radius 1 is 1.38 bits per heavy atom. The van der Waals surface area contributed by atoms with Crippen LogP contribution in [0, 0.1) is 6.92 Å². The highest BCUT2D eigenvalue weighted by Gasteiger charge is 2.03. The largest absolute Gasteiger partial charge is 0.313 e. The number of hydrogen-bond acceptors (Lipinski definition) is 1. The van der Waals surface area contributed by atoms with E-state index in [0.717, 1.165) is 6.42 Å². The Morgan fingerprint density at radius 3 is 2.62 bits per heavy atom. The molecule has 0 amide bonds. The van der Waals surface area contributed by atoms with Crippen LogP contribution in [0.15, 0.2) is 18.2 Å². The van der Waals surface area contributed by atoms with Crippen molar-refractivity contribution in [1.29, 1.82) is 0 Å². The molecule has 0 aliphatic carbocycles. The third-order valence-corrected chi connectivity index (χ3v) is 2.69. The molecule has 0 heterocycles. The Kier molecular flexibility index (Phi) is 3.49. The van der Waals surface area contributed by atoms with E-state index in [1.54, 1.807) is 0 Å². The van der Waals surface area contributed by atoms with Crippen LogP contribution in [0.4, 0.5) is 0 Å². The highest BCUT2D eigenvalue weighted by atomic mass is 14.8. The maximum atomic E-state index is 3.25. The normalized spacial score (nSPS) is 12.9. The van der Waals surface area contributed by atoms with E-state index in [9.17, 15) is 0 Å². The van der Waals surface area contributed by atoms with E-state index in [0.29, 0.717) is 6.04 Å². The Balaban J connectivity index is 2.99. The Bertz CT molecular complexity index is 278.